The standard InChI is InChI=1S/C16H21NO/c17-11-12-18-16-10-4-9-15(13-16)8-3-7-14-5-1-2-6-14/h4,9-10,13-14H,1-2,5-7,11-12,17H2. The van der Waals surface area contributed by atoms with Crippen LogP contribution in [0.1, 0.15) is 37.7 Å². The minimum Gasteiger partial charge on any atom is -0.492 e. The van der Waals surface area contributed by atoms with Gasteiger partial charge in [0.2, 0.25) is 0 Å². The topological polar surface area (TPSA) is 35.2 Å². The molecule has 2 rings (SSSR count). The Hall–Kier alpha value is -1.46. The Labute approximate surface area is 110 Å². The van der Waals surface area contributed by atoms with Crippen LogP contribution >= 0.6 is 0 Å². The van der Waals surface area contributed by atoms with Gasteiger partial charge in [-0.2, -0.15) is 0 Å². The molecule has 2 nitrogen and oxygen atoms in total. The summed E-state index contributed by atoms with van der Waals surface area (Å²) < 4.78 is 5.48. The Morgan fingerprint density at radius 1 is 1.28 bits per heavy atom. The minimum atomic E-state index is 0.539. The number of nitrogens with two attached hydrogens (primary N) is 1. The molecular formula is C16H21NO. The first kappa shape index (κ1) is 13.0. The average molecular weight is 243 g/mol. The Morgan fingerprint density at radius 3 is 2.89 bits per heavy atom. The molecule has 0 radical (unpaired) electrons. The summed E-state index contributed by atoms with van der Waals surface area (Å²) in [6.07, 6.45) is 6.51. The van der Waals surface area contributed by atoms with Gasteiger partial charge in [-0.25, -0.2) is 0 Å². The summed E-state index contributed by atoms with van der Waals surface area (Å²) in [5.74, 6) is 8.21. The van der Waals surface area contributed by atoms with E-state index in [-0.39, 0.29) is 0 Å². The molecular weight excluding hydrogens is 222 g/mol. The number of rotatable bonds is 4. The molecule has 2 N–H and O–H groups in total. The molecule has 0 aromatic heterocycles. The van der Waals surface area contributed by atoms with Gasteiger partial charge < -0.3 is 10.5 Å². The minimum absolute atomic E-state index is 0.539. The summed E-state index contributed by atoms with van der Waals surface area (Å²) in [7, 11) is 0. The van der Waals surface area contributed by atoms with Gasteiger partial charge in [0.25, 0.3) is 0 Å². The molecule has 0 unspecified atom stereocenters. The van der Waals surface area contributed by atoms with Gasteiger partial charge in [0.1, 0.15) is 12.4 Å². The van der Waals surface area contributed by atoms with Gasteiger partial charge in [-0.05, 0) is 37.0 Å². The summed E-state index contributed by atoms with van der Waals surface area (Å²) in [5, 5.41) is 0. The molecule has 0 spiro atoms. The lowest BCUT2D eigenvalue weighted by molar-refractivity contribution is 0.328. The van der Waals surface area contributed by atoms with Gasteiger partial charge >= 0.3 is 0 Å². The first-order valence-electron chi connectivity index (χ1n) is 6.80. The molecule has 0 bridgehead atoms. The molecule has 0 saturated heterocycles. The van der Waals surface area contributed by atoms with Crippen molar-refractivity contribution in [2.45, 2.75) is 32.1 Å². The fourth-order valence-corrected chi connectivity index (χ4v) is 2.35. The van der Waals surface area contributed by atoms with Crippen LogP contribution in [0.4, 0.5) is 0 Å². The zero-order valence-electron chi connectivity index (χ0n) is 10.8. The van der Waals surface area contributed by atoms with Crippen molar-refractivity contribution in [2.24, 2.45) is 11.7 Å². The van der Waals surface area contributed by atoms with Crippen molar-refractivity contribution in [3.8, 4) is 17.6 Å². The van der Waals surface area contributed by atoms with Crippen molar-refractivity contribution in [1.82, 2.24) is 0 Å². The molecule has 0 aliphatic heterocycles. The molecule has 1 aromatic carbocycles. The highest BCUT2D eigenvalue weighted by molar-refractivity contribution is 5.39. The van der Waals surface area contributed by atoms with Crippen LogP contribution < -0.4 is 10.5 Å². The lowest BCUT2D eigenvalue weighted by Crippen LogP contribution is -2.10. The molecule has 1 aliphatic carbocycles. The second-order valence-electron chi connectivity index (χ2n) is 4.82. The van der Waals surface area contributed by atoms with E-state index in [4.69, 9.17) is 10.5 Å². The largest absolute Gasteiger partial charge is 0.492 e. The van der Waals surface area contributed by atoms with Crippen LogP contribution in [0, 0.1) is 17.8 Å². The van der Waals surface area contributed by atoms with Crippen molar-refractivity contribution >= 4 is 0 Å². The van der Waals surface area contributed by atoms with E-state index in [2.05, 4.69) is 11.8 Å². The van der Waals surface area contributed by atoms with E-state index in [1.165, 1.54) is 25.7 Å². The molecule has 0 amide bonds. The molecule has 18 heavy (non-hydrogen) atoms. The van der Waals surface area contributed by atoms with Crippen LogP contribution in [0.3, 0.4) is 0 Å². The fourth-order valence-electron chi connectivity index (χ4n) is 2.35. The van der Waals surface area contributed by atoms with Crippen LogP contribution in [0.2, 0.25) is 0 Å². The Kier molecular flexibility index (Phi) is 5.11. The highest BCUT2D eigenvalue weighted by atomic mass is 16.5. The summed E-state index contributed by atoms with van der Waals surface area (Å²) in [6, 6.07) is 7.93. The number of ether oxygens (including phenoxy) is 1. The first-order valence-corrected chi connectivity index (χ1v) is 6.80. The molecule has 0 heterocycles. The number of benzene rings is 1. The molecule has 2 heteroatoms. The van der Waals surface area contributed by atoms with Crippen molar-refractivity contribution in [2.75, 3.05) is 13.2 Å². The highest BCUT2D eigenvalue weighted by Crippen LogP contribution is 2.26. The molecule has 1 aliphatic rings. The lowest BCUT2D eigenvalue weighted by Gasteiger charge is -2.04. The molecule has 96 valence electrons. The predicted molar refractivity (Wildman–Crippen MR) is 74.4 cm³/mol. The van der Waals surface area contributed by atoms with Gasteiger partial charge in [-0.3, -0.25) is 0 Å². The van der Waals surface area contributed by atoms with Crippen molar-refractivity contribution in [1.29, 1.82) is 0 Å². The SMILES string of the molecule is NCCOc1cccc(C#CCC2CCCC2)c1. The maximum atomic E-state index is 5.48. The van der Waals surface area contributed by atoms with Crippen LogP contribution in [0.5, 0.6) is 5.75 Å². The number of hydrogen-bond acceptors (Lipinski definition) is 2. The van der Waals surface area contributed by atoms with E-state index in [0.717, 1.165) is 23.7 Å². The smallest absolute Gasteiger partial charge is 0.120 e. The van der Waals surface area contributed by atoms with Crippen molar-refractivity contribution in [3.05, 3.63) is 29.8 Å². The highest BCUT2D eigenvalue weighted by Gasteiger charge is 2.12. The summed E-state index contributed by atoms with van der Waals surface area (Å²) >= 11 is 0. The zero-order valence-corrected chi connectivity index (χ0v) is 10.8. The van der Waals surface area contributed by atoms with Gasteiger partial charge in [0.05, 0.1) is 0 Å². The van der Waals surface area contributed by atoms with E-state index >= 15 is 0 Å². The van der Waals surface area contributed by atoms with E-state index in [1.807, 2.05) is 24.3 Å². The Bertz CT molecular complexity index is 424. The Balaban J connectivity index is 1.89. The van der Waals surface area contributed by atoms with Gasteiger partial charge in [0.15, 0.2) is 0 Å². The van der Waals surface area contributed by atoms with Crippen LogP contribution in [-0.4, -0.2) is 13.2 Å². The maximum Gasteiger partial charge on any atom is 0.120 e. The predicted octanol–water partition coefficient (Wildman–Crippen LogP) is 2.96. The third-order valence-corrected chi connectivity index (χ3v) is 3.32. The second kappa shape index (κ2) is 7.08. The molecule has 1 saturated carbocycles. The van der Waals surface area contributed by atoms with Crippen molar-refractivity contribution in [3.63, 3.8) is 0 Å². The molecule has 0 atom stereocenters. The average Bonchev–Trinajstić information content (AvgIpc) is 2.90. The van der Waals surface area contributed by atoms with Crippen molar-refractivity contribution < 1.29 is 4.74 Å². The lowest BCUT2D eigenvalue weighted by atomic mass is 10.0. The zero-order chi connectivity index (χ0) is 12.6. The van der Waals surface area contributed by atoms with Crippen LogP contribution in [0.15, 0.2) is 24.3 Å². The van der Waals surface area contributed by atoms with Gasteiger partial charge in [0, 0.05) is 18.5 Å². The maximum absolute atomic E-state index is 5.48. The van der Waals surface area contributed by atoms with Gasteiger partial charge in [-0.1, -0.05) is 30.7 Å². The Morgan fingerprint density at radius 2 is 2.11 bits per heavy atom. The monoisotopic (exact) mass is 243 g/mol. The third-order valence-electron chi connectivity index (χ3n) is 3.32. The summed E-state index contributed by atoms with van der Waals surface area (Å²) in [5.41, 5.74) is 6.44. The molecule has 1 aromatic rings. The third kappa shape index (κ3) is 4.09. The van der Waals surface area contributed by atoms with E-state index in [0.29, 0.717) is 13.2 Å². The summed E-state index contributed by atoms with van der Waals surface area (Å²) in [6.45, 7) is 1.09. The van der Waals surface area contributed by atoms with E-state index < -0.39 is 0 Å². The first-order chi connectivity index (χ1) is 8.88. The quantitative estimate of drug-likeness (QED) is 0.825. The van der Waals surface area contributed by atoms with Crippen LogP contribution in [-0.2, 0) is 0 Å². The van der Waals surface area contributed by atoms with Crippen LogP contribution in [0.25, 0.3) is 0 Å². The second-order valence-corrected chi connectivity index (χ2v) is 4.82. The number of hydrogen-bond donors (Lipinski definition) is 1. The van der Waals surface area contributed by atoms with E-state index in [1.54, 1.807) is 0 Å². The van der Waals surface area contributed by atoms with Gasteiger partial charge in [-0.15, -0.1) is 0 Å². The normalized spacial score (nSPS) is 15.2. The molecule has 1 fully saturated rings. The van der Waals surface area contributed by atoms with E-state index in [9.17, 15) is 0 Å². The summed E-state index contributed by atoms with van der Waals surface area (Å²) in [4.78, 5) is 0. The fraction of sp³-hybridized carbons (Fsp3) is 0.500.